The van der Waals surface area contributed by atoms with Gasteiger partial charge in [-0.25, -0.2) is 4.98 Å². The lowest BCUT2D eigenvalue weighted by Crippen LogP contribution is -2.40. The van der Waals surface area contributed by atoms with Crippen LogP contribution in [-0.4, -0.2) is 46.7 Å². The van der Waals surface area contributed by atoms with E-state index in [1.54, 1.807) is 0 Å². The van der Waals surface area contributed by atoms with Gasteiger partial charge >= 0.3 is 0 Å². The summed E-state index contributed by atoms with van der Waals surface area (Å²) in [4.78, 5) is 9.05. The number of fused-ring (bicyclic) bond motifs is 1. The van der Waals surface area contributed by atoms with E-state index in [9.17, 15) is 0 Å². The van der Waals surface area contributed by atoms with E-state index in [-0.39, 0.29) is 0 Å². The quantitative estimate of drug-likeness (QED) is 0.642. The highest BCUT2D eigenvalue weighted by Gasteiger charge is 2.15. The molecule has 1 atom stereocenters. The van der Waals surface area contributed by atoms with Crippen LogP contribution in [0.15, 0.2) is 11.2 Å². The van der Waals surface area contributed by atoms with E-state index in [0.29, 0.717) is 0 Å². The molecule has 0 amide bonds. The zero-order chi connectivity index (χ0) is 15.2. The van der Waals surface area contributed by atoms with Gasteiger partial charge in [-0.1, -0.05) is 0 Å². The summed E-state index contributed by atoms with van der Waals surface area (Å²) >= 11 is 2.07. The van der Waals surface area contributed by atoms with Gasteiger partial charge in [-0.3, -0.25) is 4.99 Å². The van der Waals surface area contributed by atoms with Crippen LogP contribution in [0.3, 0.4) is 0 Å². The normalized spacial score (nSPS) is 21.7. The molecular weight excluding hydrogens is 294 g/mol. The molecule has 2 N–H and O–H groups in total. The molecule has 0 radical (unpaired) electrons. The maximum absolute atomic E-state index is 4.74. The average molecular weight is 321 g/mol. The highest BCUT2D eigenvalue weighted by molar-refractivity contribution is 8.00. The van der Waals surface area contributed by atoms with E-state index < -0.39 is 0 Å². The zero-order valence-corrected chi connectivity index (χ0v) is 14.3. The number of nitrogens with one attached hydrogen (secondary N) is 2. The van der Waals surface area contributed by atoms with E-state index in [4.69, 9.17) is 4.98 Å². The molecule has 1 aromatic rings. The molecule has 3 heterocycles. The number of hydrogen-bond donors (Lipinski definition) is 2. The number of imidazole rings is 1. The van der Waals surface area contributed by atoms with Crippen molar-refractivity contribution < 1.29 is 0 Å². The van der Waals surface area contributed by atoms with Crippen molar-refractivity contribution in [2.75, 3.05) is 25.9 Å². The SMILES string of the molecule is CN=C(NCCc1cn2c(n1)CCCC2)NCC1CCCS1. The third-order valence-electron chi connectivity index (χ3n) is 4.38. The van der Waals surface area contributed by atoms with Crippen molar-refractivity contribution in [1.29, 1.82) is 0 Å². The molecule has 6 heteroatoms. The van der Waals surface area contributed by atoms with Gasteiger partial charge in [0.25, 0.3) is 0 Å². The Morgan fingerprint density at radius 1 is 1.41 bits per heavy atom. The number of rotatable bonds is 5. The lowest BCUT2D eigenvalue weighted by atomic mass is 10.2. The second-order valence-electron chi connectivity index (χ2n) is 6.06. The van der Waals surface area contributed by atoms with E-state index >= 15 is 0 Å². The van der Waals surface area contributed by atoms with Crippen LogP contribution in [0.2, 0.25) is 0 Å². The van der Waals surface area contributed by atoms with Gasteiger partial charge in [0.2, 0.25) is 0 Å². The van der Waals surface area contributed by atoms with Gasteiger partial charge in [-0.15, -0.1) is 0 Å². The maximum Gasteiger partial charge on any atom is 0.191 e. The Kier molecular flexibility index (Phi) is 5.64. The van der Waals surface area contributed by atoms with Crippen molar-refractivity contribution >= 4 is 17.7 Å². The smallest absolute Gasteiger partial charge is 0.191 e. The van der Waals surface area contributed by atoms with Crippen LogP contribution in [0, 0.1) is 0 Å². The number of aryl methyl sites for hydroxylation is 2. The molecule has 122 valence electrons. The molecule has 5 nitrogen and oxygen atoms in total. The molecule has 0 aromatic carbocycles. The maximum atomic E-state index is 4.74. The lowest BCUT2D eigenvalue weighted by Gasteiger charge is -2.14. The van der Waals surface area contributed by atoms with Crippen LogP contribution < -0.4 is 10.6 Å². The molecule has 0 aliphatic carbocycles. The molecular formula is C16H27N5S. The van der Waals surface area contributed by atoms with Crippen molar-refractivity contribution in [2.24, 2.45) is 4.99 Å². The van der Waals surface area contributed by atoms with Gasteiger partial charge in [-0.2, -0.15) is 11.8 Å². The summed E-state index contributed by atoms with van der Waals surface area (Å²) in [5.41, 5.74) is 1.20. The molecule has 1 unspecified atom stereocenters. The summed E-state index contributed by atoms with van der Waals surface area (Å²) in [6.07, 6.45) is 9.57. The van der Waals surface area contributed by atoms with Gasteiger partial charge in [-0.05, 0) is 31.4 Å². The van der Waals surface area contributed by atoms with Crippen molar-refractivity contribution in [3.63, 3.8) is 0 Å². The van der Waals surface area contributed by atoms with Gasteiger partial charge in [0.05, 0.1) is 5.69 Å². The van der Waals surface area contributed by atoms with E-state index in [0.717, 1.165) is 43.7 Å². The van der Waals surface area contributed by atoms with Gasteiger partial charge in [0, 0.05) is 51.0 Å². The number of hydrogen-bond acceptors (Lipinski definition) is 3. The monoisotopic (exact) mass is 321 g/mol. The first-order valence-electron chi connectivity index (χ1n) is 8.46. The summed E-state index contributed by atoms with van der Waals surface area (Å²) < 4.78 is 2.32. The Morgan fingerprint density at radius 3 is 3.14 bits per heavy atom. The molecule has 0 saturated carbocycles. The molecule has 1 fully saturated rings. The molecule has 2 aliphatic rings. The molecule has 22 heavy (non-hydrogen) atoms. The van der Waals surface area contributed by atoms with Crippen LogP contribution >= 0.6 is 11.8 Å². The van der Waals surface area contributed by atoms with Crippen LogP contribution in [0.1, 0.15) is 37.2 Å². The highest BCUT2D eigenvalue weighted by atomic mass is 32.2. The average Bonchev–Trinajstić information content (AvgIpc) is 3.19. The topological polar surface area (TPSA) is 54.2 Å². The van der Waals surface area contributed by atoms with Crippen LogP contribution in [0.4, 0.5) is 0 Å². The second kappa shape index (κ2) is 7.90. The predicted octanol–water partition coefficient (Wildman–Crippen LogP) is 1.82. The first kappa shape index (κ1) is 15.7. The molecule has 1 saturated heterocycles. The van der Waals surface area contributed by atoms with Crippen molar-refractivity contribution in [3.05, 3.63) is 17.7 Å². The Labute approximate surface area is 137 Å². The van der Waals surface area contributed by atoms with Gasteiger partial charge < -0.3 is 15.2 Å². The number of aromatic nitrogens is 2. The number of guanidine groups is 1. The van der Waals surface area contributed by atoms with Gasteiger partial charge in [0.15, 0.2) is 5.96 Å². The van der Waals surface area contributed by atoms with Crippen molar-refractivity contribution in [3.8, 4) is 0 Å². The highest BCUT2D eigenvalue weighted by Crippen LogP contribution is 2.25. The van der Waals surface area contributed by atoms with Crippen molar-refractivity contribution in [2.45, 2.75) is 50.3 Å². The van der Waals surface area contributed by atoms with E-state index in [1.165, 1.54) is 43.0 Å². The van der Waals surface area contributed by atoms with Crippen LogP contribution in [0.5, 0.6) is 0 Å². The summed E-state index contributed by atoms with van der Waals surface area (Å²) in [5.74, 6) is 3.49. The fourth-order valence-corrected chi connectivity index (χ4v) is 4.34. The fourth-order valence-electron chi connectivity index (χ4n) is 3.14. The van der Waals surface area contributed by atoms with Crippen LogP contribution in [-0.2, 0) is 19.4 Å². The first-order valence-corrected chi connectivity index (χ1v) is 9.51. The Balaban J connectivity index is 1.40. The third-order valence-corrected chi connectivity index (χ3v) is 5.77. The third kappa shape index (κ3) is 4.18. The Morgan fingerprint density at radius 2 is 2.36 bits per heavy atom. The molecule has 0 spiro atoms. The fraction of sp³-hybridized carbons (Fsp3) is 0.750. The minimum absolute atomic E-state index is 0.749. The lowest BCUT2D eigenvalue weighted by molar-refractivity contribution is 0.522. The van der Waals surface area contributed by atoms with Crippen molar-refractivity contribution in [1.82, 2.24) is 20.2 Å². The zero-order valence-electron chi connectivity index (χ0n) is 13.5. The summed E-state index contributed by atoms with van der Waals surface area (Å²) in [6.45, 7) is 3.04. The molecule has 1 aromatic heterocycles. The Hall–Kier alpha value is -1.17. The number of thioether (sulfide) groups is 1. The number of aliphatic imine (C=N–C) groups is 1. The standard InChI is InChI=1S/C16H27N5S/c1-17-16(19-11-14-5-4-10-22-14)18-8-7-13-12-21-9-3-2-6-15(21)20-13/h12,14H,2-11H2,1H3,(H2,17,18,19). The summed E-state index contributed by atoms with van der Waals surface area (Å²) in [6, 6.07) is 0. The molecule has 3 rings (SSSR count). The minimum Gasteiger partial charge on any atom is -0.356 e. The van der Waals surface area contributed by atoms with E-state index in [1.807, 2.05) is 7.05 Å². The first-order chi connectivity index (χ1) is 10.8. The summed E-state index contributed by atoms with van der Waals surface area (Å²) in [5, 5.41) is 7.59. The number of nitrogens with zero attached hydrogens (tertiary/aromatic N) is 3. The largest absolute Gasteiger partial charge is 0.356 e. The molecule has 2 aliphatic heterocycles. The second-order valence-corrected chi connectivity index (χ2v) is 7.47. The van der Waals surface area contributed by atoms with E-state index in [2.05, 4.69) is 38.2 Å². The van der Waals surface area contributed by atoms with Crippen LogP contribution in [0.25, 0.3) is 0 Å². The minimum atomic E-state index is 0.749. The Bertz CT molecular complexity index is 481. The summed E-state index contributed by atoms with van der Waals surface area (Å²) in [7, 11) is 1.84. The predicted molar refractivity (Wildman–Crippen MR) is 93.7 cm³/mol. The van der Waals surface area contributed by atoms with Gasteiger partial charge in [0.1, 0.15) is 5.82 Å². The molecule has 0 bridgehead atoms.